The predicted molar refractivity (Wildman–Crippen MR) is 146 cm³/mol. The minimum absolute atomic E-state index is 0.0767. The third-order valence-electron chi connectivity index (χ3n) is 6.41. The van der Waals surface area contributed by atoms with Gasteiger partial charge < -0.3 is 5.32 Å². The van der Waals surface area contributed by atoms with Crippen molar-refractivity contribution in [1.82, 2.24) is 0 Å². The van der Waals surface area contributed by atoms with Gasteiger partial charge in [0.2, 0.25) is 11.7 Å². The van der Waals surface area contributed by atoms with Crippen LogP contribution in [0.3, 0.4) is 0 Å². The lowest BCUT2D eigenvalue weighted by Crippen LogP contribution is -2.25. The lowest BCUT2D eigenvalue weighted by molar-refractivity contribution is -0.170. The summed E-state index contributed by atoms with van der Waals surface area (Å²) in [5.74, 6) is -7.71. The molecule has 0 unspecified atom stereocenters. The van der Waals surface area contributed by atoms with Crippen molar-refractivity contribution in [1.29, 1.82) is 0 Å². The molecule has 0 bridgehead atoms. The van der Waals surface area contributed by atoms with E-state index in [0.717, 1.165) is 0 Å². The summed E-state index contributed by atoms with van der Waals surface area (Å²) in [6.07, 6.45) is -7.32. The fraction of sp³-hybridized carbons (Fsp3) is 0.222. The fourth-order valence-electron chi connectivity index (χ4n) is 4.27. The van der Waals surface area contributed by atoms with Gasteiger partial charge in [-0.05, 0) is 53.1 Å². The number of hydrogen-bond donors (Lipinski definition) is 1. The second-order valence-electron chi connectivity index (χ2n) is 9.22. The highest BCUT2D eigenvalue weighted by atomic mass is 35.5. The molecule has 41 heavy (non-hydrogen) atoms. The molecule has 0 heterocycles. The van der Waals surface area contributed by atoms with E-state index in [1.165, 1.54) is 24.3 Å². The normalized spacial score (nSPS) is 17.7. The molecule has 1 aliphatic rings. The molecule has 0 spiro atoms. The summed E-state index contributed by atoms with van der Waals surface area (Å²) in [5, 5.41) is 3.06. The number of alkyl halides is 5. The second-order valence-corrected chi connectivity index (χ2v) is 11.9. The van der Waals surface area contributed by atoms with Crippen molar-refractivity contribution in [2.75, 3.05) is 5.32 Å². The zero-order valence-corrected chi connectivity index (χ0v) is 24.0. The van der Waals surface area contributed by atoms with Gasteiger partial charge in [-0.2, -0.15) is 13.2 Å². The predicted octanol–water partition coefficient (Wildman–Crippen LogP) is 8.55. The smallest absolute Gasteiger partial charge is 0.326 e. The molecular weight excluding hydrogens is 659 g/mol. The number of carbonyl (C=O) groups is 3. The molecule has 1 amide bonds. The maximum absolute atomic E-state index is 14.4. The van der Waals surface area contributed by atoms with Gasteiger partial charge in [-0.15, -0.1) is 23.2 Å². The van der Waals surface area contributed by atoms with Crippen LogP contribution in [0.4, 0.5) is 27.6 Å². The van der Waals surface area contributed by atoms with Crippen molar-refractivity contribution in [3.05, 3.63) is 97.5 Å². The van der Waals surface area contributed by atoms with Crippen molar-refractivity contribution in [3.8, 4) is 0 Å². The van der Waals surface area contributed by atoms with E-state index in [2.05, 4.69) is 5.32 Å². The Morgan fingerprint density at radius 1 is 0.805 bits per heavy atom. The molecule has 0 aliphatic heterocycles. The Morgan fingerprint density at radius 3 is 2.02 bits per heavy atom. The number of Topliss-reactive ketones (excluding diaryl/α,β-unsaturated/α-hetero) is 2. The Labute approximate surface area is 254 Å². The highest BCUT2D eigenvalue weighted by Gasteiger charge is 2.67. The molecule has 1 fully saturated rings. The first-order valence-corrected chi connectivity index (χ1v) is 13.4. The van der Waals surface area contributed by atoms with Crippen LogP contribution in [-0.2, 0) is 22.4 Å². The second kappa shape index (κ2) is 11.7. The summed E-state index contributed by atoms with van der Waals surface area (Å²) >= 11 is 30.9. The van der Waals surface area contributed by atoms with Crippen molar-refractivity contribution in [3.63, 3.8) is 0 Å². The van der Waals surface area contributed by atoms with Gasteiger partial charge in [0.1, 0.15) is 16.0 Å². The van der Waals surface area contributed by atoms with Gasteiger partial charge in [0.15, 0.2) is 5.78 Å². The number of hydrogen-bond acceptors (Lipinski definition) is 3. The number of anilines is 1. The topological polar surface area (TPSA) is 63.2 Å². The summed E-state index contributed by atoms with van der Waals surface area (Å²) in [5.41, 5.74) is -0.656. The minimum Gasteiger partial charge on any atom is -0.326 e. The first-order valence-electron chi connectivity index (χ1n) is 11.5. The molecule has 3 aromatic carbocycles. The van der Waals surface area contributed by atoms with Gasteiger partial charge in [-0.1, -0.05) is 40.9 Å². The van der Waals surface area contributed by atoms with Crippen molar-refractivity contribution >= 4 is 81.2 Å². The number of nitrogens with one attached hydrogen (secondary N) is 1. The quantitative estimate of drug-likeness (QED) is 0.148. The van der Waals surface area contributed by atoms with E-state index in [1.807, 2.05) is 0 Å². The maximum atomic E-state index is 14.4. The number of amides is 1. The molecule has 1 saturated carbocycles. The van der Waals surface area contributed by atoms with Crippen molar-refractivity contribution in [2.45, 2.75) is 29.3 Å². The van der Waals surface area contributed by atoms with Crippen LogP contribution in [0.2, 0.25) is 15.1 Å². The molecule has 14 heteroatoms. The summed E-state index contributed by atoms with van der Waals surface area (Å²) < 4.78 is 64.8. The molecule has 0 radical (unpaired) electrons. The Balaban J connectivity index is 1.51. The average Bonchev–Trinajstić information content (AvgIpc) is 3.46. The Morgan fingerprint density at radius 2 is 1.41 bits per heavy atom. The number of halogens is 10. The average molecular weight is 674 g/mol. The zero-order valence-electron chi connectivity index (χ0n) is 20.2. The first kappa shape index (κ1) is 31.5. The highest BCUT2D eigenvalue weighted by molar-refractivity contribution is 6.53. The van der Waals surface area contributed by atoms with Crippen LogP contribution in [0.5, 0.6) is 0 Å². The van der Waals surface area contributed by atoms with Crippen LogP contribution < -0.4 is 5.32 Å². The minimum atomic E-state index is -5.22. The Hall–Kier alpha value is -2.43. The zero-order chi connectivity index (χ0) is 30.4. The number of carbonyl (C=O) groups excluding carboxylic acids is 3. The molecule has 1 aliphatic carbocycles. The Bertz CT molecular complexity index is 1580. The molecule has 216 valence electrons. The summed E-state index contributed by atoms with van der Waals surface area (Å²) in [4.78, 5) is 37.3. The van der Waals surface area contributed by atoms with Gasteiger partial charge in [-0.25, -0.2) is 8.78 Å². The SMILES string of the molecule is O=C(Cc1cc(CC(=O)C(F)(F)F)c(F)cc1F)c1cc(NC(=O)[C@H]2[C@H](c3ccc(Cl)c(Cl)c3)C2(Cl)Cl)ccc1Cl. The number of rotatable bonds is 8. The summed E-state index contributed by atoms with van der Waals surface area (Å²) in [6.45, 7) is 0. The number of ketones is 2. The first-order chi connectivity index (χ1) is 19.0. The van der Waals surface area contributed by atoms with Crippen LogP contribution in [0.25, 0.3) is 0 Å². The van der Waals surface area contributed by atoms with E-state index in [-0.39, 0.29) is 21.3 Å². The fourth-order valence-corrected chi connectivity index (χ4v) is 5.63. The van der Waals surface area contributed by atoms with Crippen LogP contribution in [0.15, 0.2) is 48.5 Å². The van der Waals surface area contributed by atoms with Gasteiger partial charge in [0.25, 0.3) is 0 Å². The largest absolute Gasteiger partial charge is 0.450 e. The monoisotopic (exact) mass is 671 g/mol. The van der Waals surface area contributed by atoms with Gasteiger partial charge in [-0.3, -0.25) is 14.4 Å². The molecule has 1 N–H and O–H groups in total. The van der Waals surface area contributed by atoms with E-state index < -0.39 is 75.4 Å². The van der Waals surface area contributed by atoms with Crippen LogP contribution >= 0.6 is 58.0 Å². The lowest BCUT2D eigenvalue weighted by atomic mass is 9.98. The molecule has 2 atom stereocenters. The Kier molecular flexibility index (Phi) is 8.98. The van der Waals surface area contributed by atoms with E-state index in [9.17, 15) is 36.3 Å². The number of benzene rings is 3. The van der Waals surface area contributed by atoms with E-state index in [1.54, 1.807) is 12.1 Å². The van der Waals surface area contributed by atoms with Crippen LogP contribution in [0.1, 0.15) is 33.0 Å². The molecule has 3 aromatic rings. The molecular formula is C27H15Cl5F5NO3. The van der Waals surface area contributed by atoms with Gasteiger partial charge in [0, 0.05) is 36.1 Å². The lowest BCUT2D eigenvalue weighted by Gasteiger charge is -2.11. The van der Waals surface area contributed by atoms with Crippen molar-refractivity contribution in [2.24, 2.45) is 5.92 Å². The van der Waals surface area contributed by atoms with Gasteiger partial charge >= 0.3 is 6.18 Å². The highest BCUT2D eigenvalue weighted by Crippen LogP contribution is 2.65. The summed E-state index contributed by atoms with van der Waals surface area (Å²) in [6, 6.07) is 9.57. The third-order valence-corrected chi connectivity index (χ3v) is 8.42. The van der Waals surface area contributed by atoms with Crippen LogP contribution in [-0.4, -0.2) is 28.0 Å². The molecule has 0 aromatic heterocycles. The third kappa shape index (κ3) is 6.81. The van der Waals surface area contributed by atoms with Crippen LogP contribution in [0, 0.1) is 17.6 Å². The summed E-state index contributed by atoms with van der Waals surface area (Å²) in [7, 11) is 0. The standard InChI is InChI=1S/C27H15Cl5F5NO3/c28-16-4-2-14(38-25(41)24-23(26(24,31)32)11-1-3-17(29)18(30)6-11)9-15(16)21(39)7-12-5-13(20(34)10-19(12)33)8-22(40)27(35,36)37/h1-6,9-10,23-24H,7-8H2,(H,38,41)/t23-,24+/m0/s1. The molecule has 0 saturated heterocycles. The van der Waals surface area contributed by atoms with Gasteiger partial charge in [0.05, 0.1) is 21.0 Å². The van der Waals surface area contributed by atoms with E-state index in [4.69, 9.17) is 58.0 Å². The van der Waals surface area contributed by atoms with Crippen molar-refractivity contribution < 1.29 is 36.3 Å². The maximum Gasteiger partial charge on any atom is 0.450 e. The molecule has 4 rings (SSSR count). The van der Waals surface area contributed by atoms with E-state index >= 15 is 0 Å². The molecule has 4 nitrogen and oxygen atoms in total. The van der Waals surface area contributed by atoms with E-state index in [0.29, 0.717) is 22.7 Å².